The summed E-state index contributed by atoms with van der Waals surface area (Å²) in [6.45, 7) is 0. The Labute approximate surface area is 49.4 Å². The van der Waals surface area contributed by atoms with Crippen molar-refractivity contribution in [3.05, 3.63) is 0 Å². The Morgan fingerprint density at radius 1 is 2.00 bits per heavy atom. The van der Waals surface area contributed by atoms with E-state index in [1.54, 1.807) is 0 Å². The molecule has 0 radical (unpaired) electrons. The fourth-order valence-electron chi connectivity index (χ4n) is 0. The van der Waals surface area contributed by atoms with Crippen molar-refractivity contribution in [3.8, 4) is 0 Å². The van der Waals surface area contributed by atoms with Gasteiger partial charge in [0.05, 0.1) is 0 Å². The van der Waals surface area contributed by atoms with E-state index >= 15 is 0 Å². The van der Waals surface area contributed by atoms with Crippen LogP contribution in [0.5, 0.6) is 0 Å². The molecule has 0 rings (SSSR count). The van der Waals surface area contributed by atoms with E-state index in [-0.39, 0.29) is 0 Å². The van der Waals surface area contributed by atoms with Crippen molar-refractivity contribution in [1.82, 2.24) is 4.72 Å². The number of hydrogen-bond acceptors (Lipinski definition) is 1. The molecule has 0 saturated heterocycles. The molecule has 2 N–H and O–H groups in total. The lowest BCUT2D eigenvalue weighted by molar-refractivity contribution is 0.886. The first-order valence-corrected chi connectivity index (χ1v) is 5.75. The highest BCUT2D eigenvalue weighted by molar-refractivity contribution is 14.2. The third kappa shape index (κ3) is 4.77. The van der Waals surface area contributed by atoms with Crippen LogP contribution in [0.2, 0.25) is 0 Å². The first kappa shape index (κ1) is 6.77. The first-order valence-electron chi connectivity index (χ1n) is 1.29. The normalized spacial score (nSPS) is 14.5. The van der Waals surface area contributed by atoms with Crippen LogP contribution in [0.3, 0.4) is 0 Å². The summed E-state index contributed by atoms with van der Waals surface area (Å²) in [4.78, 5) is 0. The summed E-state index contributed by atoms with van der Waals surface area (Å²) >= 11 is 1.44. The molecule has 0 aromatic rings. The van der Waals surface area contributed by atoms with Gasteiger partial charge in [-0.3, -0.25) is 4.78 Å². The quantitative estimate of drug-likeness (QED) is 0.451. The SMILES string of the molecule is CN[SH](=N)(F)I. The van der Waals surface area contributed by atoms with Crippen molar-refractivity contribution in [1.29, 1.82) is 4.78 Å². The average molecular weight is 224 g/mol. The van der Waals surface area contributed by atoms with Crippen molar-refractivity contribution in [2.75, 3.05) is 7.05 Å². The van der Waals surface area contributed by atoms with E-state index in [2.05, 4.69) is 4.72 Å². The van der Waals surface area contributed by atoms with Crippen molar-refractivity contribution in [3.63, 3.8) is 0 Å². The lowest BCUT2D eigenvalue weighted by Crippen LogP contribution is -2.11. The minimum Gasteiger partial charge on any atom is -0.254 e. The van der Waals surface area contributed by atoms with Crippen LogP contribution >= 0.6 is 21.2 Å². The molecule has 0 spiro atoms. The van der Waals surface area contributed by atoms with Crippen LogP contribution in [0, 0.1) is 4.78 Å². The molecule has 0 aliphatic heterocycles. The maximum atomic E-state index is 11.8. The van der Waals surface area contributed by atoms with E-state index in [0.717, 1.165) is 0 Å². The minimum absolute atomic E-state index is 1.44. The predicted molar refractivity (Wildman–Crippen MR) is 35.7 cm³/mol. The maximum absolute atomic E-state index is 11.8. The molecule has 0 aromatic heterocycles. The highest BCUT2D eigenvalue weighted by Crippen LogP contribution is 2.10. The third-order valence-electron chi connectivity index (χ3n) is 0.281. The lowest BCUT2D eigenvalue weighted by Gasteiger charge is -2.04. The van der Waals surface area contributed by atoms with E-state index in [0.29, 0.717) is 0 Å². The van der Waals surface area contributed by atoms with Gasteiger partial charge in [-0.25, -0.2) is 4.72 Å². The largest absolute Gasteiger partial charge is 0.254 e. The molecule has 0 bridgehead atoms. The minimum atomic E-state index is -2.93. The van der Waals surface area contributed by atoms with Gasteiger partial charge in [0.15, 0.2) is 0 Å². The van der Waals surface area contributed by atoms with Gasteiger partial charge < -0.3 is 0 Å². The summed E-state index contributed by atoms with van der Waals surface area (Å²) in [5.74, 6) is 0. The average Bonchev–Trinajstić information content (AvgIpc) is 1.35. The monoisotopic (exact) mass is 224 g/mol. The zero-order chi connectivity index (χ0) is 5.21. The van der Waals surface area contributed by atoms with Crippen LogP contribution in [0.25, 0.3) is 0 Å². The zero-order valence-corrected chi connectivity index (χ0v) is 6.26. The molecular weight excluding hydrogens is 218 g/mol. The molecule has 0 aromatic carbocycles. The van der Waals surface area contributed by atoms with Crippen LogP contribution in [0.4, 0.5) is 3.89 Å². The van der Waals surface area contributed by atoms with Gasteiger partial charge in [0.25, 0.3) is 0 Å². The molecule has 0 aliphatic rings. The van der Waals surface area contributed by atoms with Gasteiger partial charge in [-0.15, -0.1) is 0 Å². The second-order valence-electron chi connectivity index (χ2n) is 0.737. The van der Waals surface area contributed by atoms with Crippen LogP contribution in [0.15, 0.2) is 0 Å². The molecular formula is CH6FIN2S. The maximum Gasteiger partial charge on any atom is 0.0305 e. The Hall–Kier alpha value is 0.770. The molecule has 0 amide bonds. The van der Waals surface area contributed by atoms with Gasteiger partial charge in [0.1, 0.15) is 0 Å². The summed E-state index contributed by atoms with van der Waals surface area (Å²) < 4.78 is 20.5. The number of halogens is 2. The Bertz CT molecular complexity index is 77.6. The van der Waals surface area contributed by atoms with Crippen molar-refractivity contribution in [2.24, 2.45) is 0 Å². The fraction of sp³-hybridized carbons (Fsp3) is 1.00. The van der Waals surface area contributed by atoms with Crippen LogP contribution in [0.1, 0.15) is 0 Å². The predicted octanol–water partition coefficient (Wildman–Crippen LogP) is 1.00. The summed E-state index contributed by atoms with van der Waals surface area (Å²) in [5.41, 5.74) is 0. The van der Waals surface area contributed by atoms with E-state index < -0.39 is 7.57 Å². The standard InChI is InChI=1S/CH6FIN2S/c1-5-6(2,3)4/h6H,1H3,(H2,4,5). The molecule has 0 aliphatic carbocycles. The second-order valence-corrected chi connectivity index (χ2v) is 6.20. The molecule has 40 valence electrons. The van der Waals surface area contributed by atoms with Gasteiger partial charge in [-0.05, 0) is 7.05 Å². The summed E-state index contributed by atoms with van der Waals surface area (Å²) in [6.07, 6.45) is 0. The number of thiol groups is 1. The fourth-order valence-corrected chi connectivity index (χ4v) is 0. The second kappa shape index (κ2) is 2.17. The Morgan fingerprint density at radius 2 is 2.17 bits per heavy atom. The summed E-state index contributed by atoms with van der Waals surface area (Å²) in [7, 11) is -1.49. The van der Waals surface area contributed by atoms with E-state index in [4.69, 9.17) is 4.78 Å². The molecule has 2 nitrogen and oxygen atoms in total. The zero-order valence-electron chi connectivity index (χ0n) is 3.20. The van der Waals surface area contributed by atoms with Gasteiger partial charge in [0, 0.05) is 28.8 Å². The first-order chi connectivity index (χ1) is 2.56. The molecule has 6 heavy (non-hydrogen) atoms. The highest BCUT2D eigenvalue weighted by Gasteiger charge is 1.90. The van der Waals surface area contributed by atoms with Crippen LogP contribution in [-0.2, 0) is 7.57 Å². The highest BCUT2D eigenvalue weighted by atomic mass is 127. The Kier molecular flexibility index (Phi) is 2.45. The Morgan fingerprint density at radius 3 is 2.17 bits per heavy atom. The van der Waals surface area contributed by atoms with Crippen molar-refractivity contribution >= 4 is 28.8 Å². The van der Waals surface area contributed by atoms with E-state index in [1.165, 1.54) is 28.3 Å². The summed E-state index contributed by atoms with van der Waals surface area (Å²) in [5, 5.41) is 0. The number of nitrogens with one attached hydrogen (secondary N) is 2. The van der Waals surface area contributed by atoms with Gasteiger partial charge in [0.2, 0.25) is 0 Å². The Balaban J connectivity index is 3.48. The summed E-state index contributed by atoms with van der Waals surface area (Å²) in [6, 6.07) is 0. The van der Waals surface area contributed by atoms with Crippen molar-refractivity contribution in [2.45, 2.75) is 0 Å². The lowest BCUT2D eigenvalue weighted by atomic mass is 11.6. The van der Waals surface area contributed by atoms with Crippen molar-refractivity contribution < 1.29 is 3.89 Å². The third-order valence-corrected chi connectivity index (χ3v) is 2.29. The molecule has 0 unspecified atom stereocenters. The molecule has 5 heteroatoms. The van der Waals surface area contributed by atoms with Gasteiger partial charge >= 0.3 is 0 Å². The number of hydrogen-bond donors (Lipinski definition) is 3. The molecule has 0 saturated carbocycles. The smallest absolute Gasteiger partial charge is 0.0305 e. The molecule has 0 atom stereocenters. The topological polar surface area (TPSA) is 35.9 Å². The van der Waals surface area contributed by atoms with Crippen LogP contribution < -0.4 is 4.72 Å². The van der Waals surface area contributed by atoms with Crippen LogP contribution in [-0.4, -0.2) is 7.05 Å². The molecule has 0 heterocycles. The van der Waals surface area contributed by atoms with E-state index in [1.807, 2.05) is 0 Å². The number of rotatable bonds is 1. The molecule has 0 fully saturated rings. The van der Waals surface area contributed by atoms with Gasteiger partial charge in [-0.1, -0.05) is 0 Å². The van der Waals surface area contributed by atoms with E-state index in [9.17, 15) is 3.89 Å². The van der Waals surface area contributed by atoms with Gasteiger partial charge in [-0.2, -0.15) is 3.89 Å².